The fourth-order valence-electron chi connectivity index (χ4n) is 1.22. The van der Waals surface area contributed by atoms with E-state index in [0.717, 1.165) is 5.69 Å². The Morgan fingerprint density at radius 1 is 1.14 bits per heavy atom. The van der Waals surface area contributed by atoms with E-state index >= 15 is 0 Å². The molecule has 72 valence electrons. The first-order valence-corrected chi connectivity index (χ1v) is 5.24. The Morgan fingerprint density at radius 2 is 1.86 bits per heavy atom. The van der Waals surface area contributed by atoms with Crippen LogP contribution in [-0.2, 0) is 0 Å². The second kappa shape index (κ2) is 3.80. The molecule has 0 aliphatic heterocycles. The Kier molecular flexibility index (Phi) is 2.50. The summed E-state index contributed by atoms with van der Waals surface area (Å²) >= 11 is 1.53. The van der Waals surface area contributed by atoms with E-state index in [2.05, 4.69) is 27.5 Å². The van der Waals surface area contributed by atoms with Crippen LogP contribution in [-0.4, -0.2) is 18.5 Å². The molecule has 0 aliphatic rings. The van der Waals surface area contributed by atoms with E-state index in [1.54, 1.807) is 0 Å². The van der Waals surface area contributed by atoms with Crippen LogP contribution in [0.1, 0.15) is 0 Å². The van der Waals surface area contributed by atoms with Crippen molar-refractivity contribution >= 4 is 16.5 Å². The van der Waals surface area contributed by atoms with E-state index in [1.165, 1.54) is 22.1 Å². The summed E-state index contributed by atoms with van der Waals surface area (Å²) in [4.78, 5) is 2.07. The highest BCUT2D eigenvalue weighted by Crippen LogP contribution is 2.26. The van der Waals surface area contributed by atoms with Crippen LogP contribution in [0.15, 0.2) is 36.4 Å². The smallest absolute Gasteiger partial charge is 0.112 e. The zero-order valence-corrected chi connectivity index (χ0v) is 9.08. The van der Waals surface area contributed by atoms with Gasteiger partial charge in [0.15, 0.2) is 0 Å². The van der Waals surface area contributed by atoms with E-state index in [1.807, 2.05) is 32.3 Å². The van der Waals surface area contributed by atoms with Crippen LogP contribution in [0.5, 0.6) is 0 Å². The van der Waals surface area contributed by atoms with Gasteiger partial charge in [-0.2, -0.15) is 4.37 Å². The maximum Gasteiger partial charge on any atom is 0.112 e. The van der Waals surface area contributed by atoms with Crippen molar-refractivity contribution in [3.8, 4) is 11.3 Å². The Balaban J connectivity index is 2.34. The molecule has 2 nitrogen and oxygen atoms in total. The topological polar surface area (TPSA) is 16.1 Å². The van der Waals surface area contributed by atoms with E-state index < -0.39 is 0 Å². The normalized spacial score (nSPS) is 10.1. The molecule has 1 aromatic carbocycles. The molecule has 0 radical (unpaired) electrons. The maximum atomic E-state index is 4.41. The molecule has 0 unspecified atom stereocenters. The Labute approximate surface area is 88.0 Å². The second-order valence-electron chi connectivity index (χ2n) is 3.31. The zero-order chi connectivity index (χ0) is 9.97. The molecule has 0 spiro atoms. The van der Waals surface area contributed by atoms with Crippen LogP contribution in [0.4, 0.5) is 5.00 Å². The fraction of sp³-hybridized carbons (Fsp3) is 0.182. The summed E-state index contributed by atoms with van der Waals surface area (Å²) in [5, 5.41) is 1.18. The van der Waals surface area contributed by atoms with Gasteiger partial charge in [-0.3, -0.25) is 0 Å². The van der Waals surface area contributed by atoms with Gasteiger partial charge in [0.2, 0.25) is 0 Å². The Bertz CT molecular complexity index is 406. The van der Waals surface area contributed by atoms with Crippen molar-refractivity contribution in [2.45, 2.75) is 0 Å². The molecular formula is C11H12N2S. The molecule has 14 heavy (non-hydrogen) atoms. The molecule has 0 atom stereocenters. The number of rotatable bonds is 2. The molecule has 1 aromatic heterocycles. The predicted octanol–water partition coefficient (Wildman–Crippen LogP) is 2.88. The quantitative estimate of drug-likeness (QED) is 0.747. The summed E-state index contributed by atoms with van der Waals surface area (Å²) in [6, 6.07) is 12.3. The van der Waals surface area contributed by atoms with Crippen LogP contribution in [0.2, 0.25) is 0 Å². The summed E-state index contributed by atoms with van der Waals surface area (Å²) < 4.78 is 4.41. The van der Waals surface area contributed by atoms with Crippen molar-refractivity contribution in [2.75, 3.05) is 19.0 Å². The van der Waals surface area contributed by atoms with Crippen LogP contribution in [0.3, 0.4) is 0 Å². The van der Waals surface area contributed by atoms with Gasteiger partial charge >= 0.3 is 0 Å². The lowest BCUT2D eigenvalue weighted by atomic mass is 10.2. The number of aromatic nitrogens is 1. The average molecular weight is 204 g/mol. The Hall–Kier alpha value is -1.35. The monoisotopic (exact) mass is 204 g/mol. The molecular weight excluding hydrogens is 192 g/mol. The molecule has 0 aliphatic carbocycles. The third-order valence-electron chi connectivity index (χ3n) is 2.01. The summed E-state index contributed by atoms with van der Waals surface area (Å²) in [5.41, 5.74) is 2.23. The molecule has 0 saturated carbocycles. The van der Waals surface area contributed by atoms with Crippen LogP contribution >= 0.6 is 11.5 Å². The number of anilines is 1. The molecule has 2 rings (SSSR count). The molecule has 0 amide bonds. The minimum absolute atomic E-state index is 1.05. The first-order valence-electron chi connectivity index (χ1n) is 4.47. The van der Waals surface area contributed by atoms with Gasteiger partial charge in [0, 0.05) is 25.7 Å². The molecule has 0 fully saturated rings. The standard InChI is InChI=1S/C11H12N2S/c1-13(2)11-8-10(12-14-11)9-6-4-3-5-7-9/h3-8H,1-2H3. The van der Waals surface area contributed by atoms with Gasteiger partial charge in [-0.05, 0) is 11.5 Å². The fourth-order valence-corrected chi connectivity index (χ4v) is 1.90. The van der Waals surface area contributed by atoms with Crippen molar-refractivity contribution in [3.63, 3.8) is 0 Å². The molecule has 3 heteroatoms. The van der Waals surface area contributed by atoms with Crippen LogP contribution in [0.25, 0.3) is 11.3 Å². The molecule has 2 aromatic rings. The lowest BCUT2D eigenvalue weighted by molar-refractivity contribution is 1.16. The third kappa shape index (κ3) is 1.77. The van der Waals surface area contributed by atoms with Gasteiger partial charge in [-0.15, -0.1) is 0 Å². The van der Waals surface area contributed by atoms with Crippen molar-refractivity contribution < 1.29 is 0 Å². The lowest BCUT2D eigenvalue weighted by Gasteiger charge is -2.05. The van der Waals surface area contributed by atoms with Crippen molar-refractivity contribution in [1.29, 1.82) is 0 Å². The van der Waals surface area contributed by atoms with Crippen molar-refractivity contribution in [1.82, 2.24) is 4.37 Å². The summed E-state index contributed by atoms with van der Waals surface area (Å²) in [5.74, 6) is 0. The van der Waals surface area contributed by atoms with E-state index in [9.17, 15) is 0 Å². The highest BCUT2D eigenvalue weighted by atomic mass is 32.1. The minimum atomic E-state index is 1.05. The van der Waals surface area contributed by atoms with Crippen molar-refractivity contribution in [3.05, 3.63) is 36.4 Å². The molecule has 1 heterocycles. The highest BCUT2D eigenvalue weighted by Gasteiger charge is 2.04. The predicted molar refractivity (Wildman–Crippen MR) is 61.9 cm³/mol. The summed E-state index contributed by atoms with van der Waals surface area (Å²) in [7, 11) is 4.06. The largest absolute Gasteiger partial charge is 0.368 e. The third-order valence-corrected chi connectivity index (χ3v) is 2.97. The number of benzene rings is 1. The van der Waals surface area contributed by atoms with E-state index in [-0.39, 0.29) is 0 Å². The second-order valence-corrected chi connectivity index (χ2v) is 4.09. The lowest BCUT2D eigenvalue weighted by Crippen LogP contribution is -2.05. The van der Waals surface area contributed by atoms with Gasteiger partial charge in [0.05, 0.1) is 5.69 Å². The highest BCUT2D eigenvalue weighted by molar-refractivity contribution is 7.10. The maximum absolute atomic E-state index is 4.41. The molecule has 0 bridgehead atoms. The molecule has 0 saturated heterocycles. The van der Waals surface area contributed by atoms with Gasteiger partial charge in [-0.25, -0.2) is 0 Å². The van der Waals surface area contributed by atoms with Gasteiger partial charge < -0.3 is 4.90 Å². The van der Waals surface area contributed by atoms with Crippen LogP contribution in [0, 0.1) is 0 Å². The van der Waals surface area contributed by atoms with Crippen LogP contribution < -0.4 is 4.90 Å². The summed E-state index contributed by atoms with van der Waals surface area (Å²) in [6.45, 7) is 0. The van der Waals surface area contributed by atoms with Gasteiger partial charge in [-0.1, -0.05) is 30.3 Å². The van der Waals surface area contributed by atoms with Gasteiger partial charge in [0.25, 0.3) is 0 Å². The molecule has 0 N–H and O–H groups in total. The number of hydrogen-bond acceptors (Lipinski definition) is 3. The summed E-state index contributed by atoms with van der Waals surface area (Å²) in [6.07, 6.45) is 0. The Morgan fingerprint density at radius 3 is 2.43 bits per heavy atom. The first kappa shape index (κ1) is 9.21. The number of hydrogen-bond donors (Lipinski definition) is 0. The first-order chi connectivity index (χ1) is 6.77. The van der Waals surface area contributed by atoms with Crippen molar-refractivity contribution in [2.24, 2.45) is 0 Å². The number of nitrogens with zero attached hydrogens (tertiary/aromatic N) is 2. The average Bonchev–Trinajstić information content (AvgIpc) is 2.68. The van der Waals surface area contributed by atoms with Gasteiger partial charge in [0.1, 0.15) is 5.00 Å². The van der Waals surface area contributed by atoms with E-state index in [4.69, 9.17) is 0 Å². The minimum Gasteiger partial charge on any atom is -0.368 e. The SMILES string of the molecule is CN(C)c1cc(-c2ccccc2)ns1. The van der Waals surface area contributed by atoms with E-state index in [0.29, 0.717) is 0 Å². The zero-order valence-electron chi connectivity index (χ0n) is 8.27.